The Kier molecular flexibility index (Phi) is 6.03. The van der Waals surface area contributed by atoms with Crippen LogP contribution < -0.4 is 11.2 Å². The number of amidine groups is 1. The van der Waals surface area contributed by atoms with Crippen molar-refractivity contribution in [2.45, 2.75) is 25.1 Å². The van der Waals surface area contributed by atoms with Crippen LogP contribution in [0.25, 0.3) is 0 Å². The molecule has 0 radical (unpaired) electrons. The number of cyclic esters (lactones) is 1. The number of halogens is 4. The fraction of sp³-hybridized carbons (Fsp3) is 0.269. The molecule has 0 spiro atoms. The Morgan fingerprint density at radius 2 is 2.02 bits per heavy atom. The van der Waals surface area contributed by atoms with E-state index >= 15 is 4.39 Å². The van der Waals surface area contributed by atoms with E-state index in [0.29, 0.717) is 37.0 Å². The van der Waals surface area contributed by atoms with Gasteiger partial charge in [-0.2, -0.15) is 24.0 Å². The van der Waals surface area contributed by atoms with E-state index in [1.54, 1.807) is 17.3 Å². The number of hydrogen-bond donors (Lipinski definition) is 2. The molecule has 4 aliphatic heterocycles. The quantitative estimate of drug-likeness (QED) is 0.336. The van der Waals surface area contributed by atoms with Gasteiger partial charge in [0.25, 0.3) is 11.7 Å². The number of allylic oxidation sites excluding steroid dienone is 1. The van der Waals surface area contributed by atoms with Gasteiger partial charge in [0, 0.05) is 24.2 Å². The third kappa shape index (κ3) is 4.34. The number of carbonyl (C=O) groups is 2. The Labute approximate surface area is 224 Å². The summed E-state index contributed by atoms with van der Waals surface area (Å²) < 4.78 is 59.2. The van der Waals surface area contributed by atoms with E-state index in [1.807, 2.05) is 0 Å². The zero-order valence-corrected chi connectivity index (χ0v) is 20.7. The normalized spacial score (nSPS) is 25.5. The Balaban J connectivity index is 1.28. The number of alkyl halides is 3. The average molecular weight is 557 g/mol. The number of aromatic nitrogens is 1. The molecule has 206 valence electrons. The molecule has 40 heavy (non-hydrogen) atoms. The van der Waals surface area contributed by atoms with Crippen LogP contribution in [0.1, 0.15) is 34.3 Å². The number of carbonyl (C=O) groups excluding carboxylic acids is 2. The molecule has 1 unspecified atom stereocenters. The van der Waals surface area contributed by atoms with Crippen molar-refractivity contribution in [3.63, 3.8) is 0 Å². The molecule has 1 aromatic heterocycles. The van der Waals surface area contributed by atoms with E-state index in [9.17, 15) is 22.8 Å². The van der Waals surface area contributed by atoms with Crippen LogP contribution in [0.2, 0.25) is 0 Å². The van der Waals surface area contributed by atoms with Crippen LogP contribution in [0, 0.1) is 11.7 Å². The predicted molar refractivity (Wildman–Crippen MR) is 134 cm³/mol. The smallest absolute Gasteiger partial charge is 0.416 e. The number of hydrogen-bond acceptors (Lipinski definition) is 7. The standard InChI is InChI=1S/C26H21F4N7O3/c27-19-9-14(24(38)34-21-10-16(5-6-33-21)26(28,29)30)2-4-18(19)23-35-22(20-11-32-7-8-37(20,23)31)15-1-3-17-13-40-25(39)36(17)12-15/h2,4-11,15,17H,1,3,12-13,31H2/p+1/t15-,17+,37?/m1/s1. The van der Waals surface area contributed by atoms with Gasteiger partial charge in [-0.25, -0.2) is 14.2 Å². The van der Waals surface area contributed by atoms with Gasteiger partial charge in [-0.1, -0.05) is 0 Å². The number of piperidine rings is 1. The number of aliphatic imine (C=N–C) groups is 2. The molecule has 0 saturated carbocycles. The van der Waals surface area contributed by atoms with Gasteiger partial charge in [-0.3, -0.25) is 9.79 Å². The van der Waals surface area contributed by atoms with Gasteiger partial charge in [-0.15, -0.1) is 4.59 Å². The second kappa shape index (κ2) is 9.34. The van der Waals surface area contributed by atoms with E-state index in [2.05, 4.69) is 15.3 Å². The average Bonchev–Trinajstić information content (AvgIpc) is 3.45. The van der Waals surface area contributed by atoms with Gasteiger partial charge < -0.3 is 15.0 Å². The zero-order chi connectivity index (χ0) is 28.2. The molecular weight excluding hydrogens is 534 g/mol. The summed E-state index contributed by atoms with van der Waals surface area (Å²) >= 11 is 0. The number of amides is 2. The van der Waals surface area contributed by atoms with Crippen LogP contribution >= 0.6 is 0 Å². The highest BCUT2D eigenvalue weighted by atomic mass is 19.4. The van der Waals surface area contributed by atoms with Crippen LogP contribution in [0.4, 0.5) is 28.2 Å². The number of fused-ring (bicyclic) bond motifs is 2. The highest BCUT2D eigenvalue weighted by molar-refractivity contribution is 6.05. The molecule has 3 N–H and O–H groups in total. The summed E-state index contributed by atoms with van der Waals surface area (Å²) in [7, 11) is 0. The Hall–Kier alpha value is -4.43. The van der Waals surface area contributed by atoms with Crippen molar-refractivity contribution < 1.29 is 36.5 Å². The topological polar surface area (TPSA) is 122 Å². The van der Waals surface area contributed by atoms with Gasteiger partial charge in [0.2, 0.25) is 5.70 Å². The van der Waals surface area contributed by atoms with Crippen molar-refractivity contribution in [3.05, 3.63) is 82.8 Å². The lowest BCUT2D eigenvalue weighted by molar-refractivity contribution is -0.750. The minimum atomic E-state index is -4.62. The number of nitrogens with two attached hydrogens (primary N) is 1. The van der Waals surface area contributed by atoms with E-state index in [-0.39, 0.29) is 40.8 Å². The van der Waals surface area contributed by atoms with Crippen molar-refractivity contribution in [1.29, 1.82) is 0 Å². The summed E-state index contributed by atoms with van der Waals surface area (Å²) in [6.45, 7) is 0.726. The summed E-state index contributed by atoms with van der Waals surface area (Å²) in [6, 6.07) is 5.09. The minimum Gasteiger partial charge on any atom is -0.447 e. The largest absolute Gasteiger partial charge is 0.447 e. The number of nitrogens with one attached hydrogen (secondary N) is 1. The molecule has 5 heterocycles. The molecule has 0 bridgehead atoms. The molecule has 2 aromatic rings. The summed E-state index contributed by atoms with van der Waals surface area (Å²) in [4.78, 5) is 39.2. The summed E-state index contributed by atoms with van der Waals surface area (Å²) in [5.41, 5.74) is 0.0180. The van der Waals surface area contributed by atoms with Crippen LogP contribution in [-0.2, 0) is 10.9 Å². The van der Waals surface area contributed by atoms with Crippen molar-refractivity contribution in [2.24, 2.45) is 21.7 Å². The number of benzene rings is 1. The lowest BCUT2D eigenvalue weighted by atomic mass is 9.90. The van der Waals surface area contributed by atoms with Gasteiger partial charge in [0.15, 0.2) is 0 Å². The summed E-state index contributed by atoms with van der Waals surface area (Å²) in [5.74, 6) is 4.70. The van der Waals surface area contributed by atoms with Crippen molar-refractivity contribution in [2.75, 3.05) is 18.5 Å². The first-order chi connectivity index (χ1) is 19.0. The van der Waals surface area contributed by atoms with E-state index in [0.717, 1.165) is 24.8 Å². The van der Waals surface area contributed by atoms with Gasteiger partial charge >= 0.3 is 12.3 Å². The Morgan fingerprint density at radius 1 is 1.20 bits per heavy atom. The summed E-state index contributed by atoms with van der Waals surface area (Å²) in [5, 5.41) is 2.26. The Bertz CT molecular complexity index is 1550. The van der Waals surface area contributed by atoms with Crippen molar-refractivity contribution >= 4 is 29.9 Å². The number of nitrogens with zero attached hydrogens (tertiary/aromatic N) is 5. The molecule has 14 heteroatoms. The minimum absolute atomic E-state index is 0.0125. The predicted octanol–water partition coefficient (Wildman–Crippen LogP) is 3.94. The highest BCUT2D eigenvalue weighted by Gasteiger charge is 2.49. The zero-order valence-electron chi connectivity index (χ0n) is 20.7. The molecule has 10 nitrogen and oxygen atoms in total. The second-order valence-electron chi connectivity index (χ2n) is 9.79. The molecule has 2 fully saturated rings. The number of rotatable bonds is 4. The fourth-order valence-corrected chi connectivity index (χ4v) is 5.29. The van der Waals surface area contributed by atoms with Crippen LogP contribution in [0.3, 0.4) is 0 Å². The van der Waals surface area contributed by atoms with Crippen molar-refractivity contribution in [1.82, 2.24) is 9.88 Å². The van der Waals surface area contributed by atoms with E-state index in [4.69, 9.17) is 15.6 Å². The Morgan fingerprint density at radius 3 is 2.80 bits per heavy atom. The SMILES string of the molecule is N[N+]12C=CN=CC1=C([C@@H]1CC[C@H]3COC(=O)N3C1)N=C2c1ccc(C(=O)Nc2cc(C(F)(F)F)ccn2)cc1F. The maximum Gasteiger partial charge on any atom is 0.416 e. The van der Waals surface area contributed by atoms with Crippen LogP contribution in [0.15, 0.2) is 70.3 Å². The fourth-order valence-electron chi connectivity index (χ4n) is 5.29. The lowest BCUT2D eigenvalue weighted by Gasteiger charge is -2.32. The van der Waals surface area contributed by atoms with E-state index in [1.165, 1.54) is 18.3 Å². The third-order valence-electron chi connectivity index (χ3n) is 7.35. The molecule has 1 aromatic carbocycles. The lowest BCUT2D eigenvalue weighted by Crippen LogP contribution is -2.53. The first-order valence-electron chi connectivity index (χ1n) is 12.3. The molecule has 4 aliphatic rings. The van der Waals surface area contributed by atoms with Gasteiger partial charge in [-0.05, 0) is 43.2 Å². The maximum atomic E-state index is 15.5. The van der Waals surface area contributed by atoms with Crippen LogP contribution in [0.5, 0.6) is 0 Å². The molecule has 6 rings (SSSR count). The summed E-state index contributed by atoms with van der Waals surface area (Å²) in [6.07, 6.45) is 1.94. The van der Waals surface area contributed by atoms with Gasteiger partial charge in [0.1, 0.15) is 30.1 Å². The molecule has 2 saturated heterocycles. The van der Waals surface area contributed by atoms with Crippen LogP contribution in [-0.4, -0.2) is 57.7 Å². The molecular formula is C26H22F4N7O3+. The highest BCUT2D eigenvalue weighted by Crippen LogP contribution is 2.40. The number of anilines is 1. The van der Waals surface area contributed by atoms with Gasteiger partial charge in [0.05, 0.1) is 29.6 Å². The first kappa shape index (κ1) is 25.8. The monoisotopic (exact) mass is 556 g/mol. The number of quaternary nitrogens is 1. The first-order valence-corrected chi connectivity index (χ1v) is 12.3. The molecule has 0 aliphatic carbocycles. The maximum absolute atomic E-state index is 15.5. The third-order valence-corrected chi connectivity index (χ3v) is 7.35. The molecule has 3 atom stereocenters. The van der Waals surface area contributed by atoms with E-state index < -0.39 is 28.1 Å². The number of pyridine rings is 1. The second-order valence-corrected chi connectivity index (χ2v) is 9.79. The molecule has 2 amide bonds. The number of ether oxygens (including phenoxy) is 1. The van der Waals surface area contributed by atoms with Crippen molar-refractivity contribution in [3.8, 4) is 0 Å².